The summed E-state index contributed by atoms with van der Waals surface area (Å²) in [6.07, 6.45) is 4.42. The Morgan fingerprint density at radius 2 is 1.74 bits per heavy atom. The molecule has 1 aromatic rings. The van der Waals surface area contributed by atoms with E-state index < -0.39 is 10.0 Å². The van der Waals surface area contributed by atoms with Gasteiger partial charge in [0.2, 0.25) is 15.9 Å². The first-order chi connectivity index (χ1) is 14.8. The van der Waals surface area contributed by atoms with Gasteiger partial charge in [-0.2, -0.15) is 4.31 Å². The lowest BCUT2D eigenvalue weighted by Gasteiger charge is -2.34. The second kappa shape index (κ2) is 10.4. The summed E-state index contributed by atoms with van der Waals surface area (Å²) >= 11 is 0. The molecule has 0 saturated carbocycles. The molecule has 1 N–H and O–H groups in total. The van der Waals surface area contributed by atoms with Gasteiger partial charge in [-0.15, -0.1) is 6.58 Å². The fourth-order valence-electron chi connectivity index (χ4n) is 3.97. The van der Waals surface area contributed by atoms with E-state index in [0.29, 0.717) is 57.9 Å². The zero-order chi connectivity index (χ0) is 22.4. The Morgan fingerprint density at radius 3 is 2.39 bits per heavy atom. The molecule has 2 heterocycles. The van der Waals surface area contributed by atoms with Gasteiger partial charge in [-0.25, -0.2) is 8.42 Å². The SMILES string of the molecule is C=CCNC(=O)CN1CCN(C(=O)c2cc(S(=O)(=O)N3CCCCC3)ccc2C)CC1. The number of rotatable bonds is 7. The van der Waals surface area contributed by atoms with Gasteiger partial charge >= 0.3 is 0 Å². The Hall–Kier alpha value is -2.23. The van der Waals surface area contributed by atoms with Crippen LogP contribution >= 0.6 is 0 Å². The zero-order valence-corrected chi connectivity index (χ0v) is 19.0. The van der Waals surface area contributed by atoms with E-state index in [2.05, 4.69) is 11.9 Å². The highest BCUT2D eigenvalue weighted by Gasteiger charge is 2.29. The minimum absolute atomic E-state index is 0.0638. The maximum Gasteiger partial charge on any atom is 0.254 e. The predicted octanol–water partition coefficient (Wildman–Crippen LogP) is 1.23. The third-order valence-corrected chi connectivity index (χ3v) is 7.76. The van der Waals surface area contributed by atoms with E-state index in [1.165, 1.54) is 10.4 Å². The summed E-state index contributed by atoms with van der Waals surface area (Å²) in [6, 6.07) is 4.83. The average Bonchev–Trinajstić information content (AvgIpc) is 2.78. The molecule has 0 aliphatic carbocycles. The number of sulfonamides is 1. The van der Waals surface area contributed by atoms with E-state index in [1.54, 1.807) is 23.1 Å². The summed E-state index contributed by atoms with van der Waals surface area (Å²) in [7, 11) is -3.59. The van der Waals surface area contributed by atoms with E-state index in [-0.39, 0.29) is 16.7 Å². The minimum atomic E-state index is -3.59. The van der Waals surface area contributed by atoms with Crippen molar-refractivity contribution in [2.75, 3.05) is 52.4 Å². The highest BCUT2D eigenvalue weighted by Crippen LogP contribution is 2.24. The molecular formula is C22H32N4O4S. The van der Waals surface area contributed by atoms with Crippen LogP contribution < -0.4 is 5.32 Å². The van der Waals surface area contributed by atoms with Gasteiger partial charge < -0.3 is 10.2 Å². The third-order valence-electron chi connectivity index (χ3n) is 5.86. The molecule has 0 atom stereocenters. The third kappa shape index (κ3) is 5.72. The Kier molecular flexibility index (Phi) is 7.85. The number of nitrogens with one attached hydrogen (secondary N) is 1. The van der Waals surface area contributed by atoms with Crippen molar-refractivity contribution < 1.29 is 18.0 Å². The van der Waals surface area contributed by atoms with Crippen LogP contribution in [-0.4, -0.2) is 86.7 Å². The molecule has 9 heteroatoms. The van der Waals surface area contributed by atoms with E-state index in [4.69, 9.17) is 0 Å². The molecule has 2 aliphatic heterocycles. The van der Waals surface area contributed by atoms with Crippen LogP contribution in [0, 0.1) is 6.92 Å². The molecule has 170 valence electrons. The molecule has 3 rings (SSSR count). The average molecular weight is 449 g/mol. The summed E-state index contributed by atoms with van der Waals surface area (Å²) in [5.74, 6) is -0.227. The van der Waals surface area contributed by atoms with E-state index in [0.717, 1.165) is 24.8 Å². The number of hydrogen-bond acceptors (Lipinski definition) is 5. The maximum absolute atomic E-state index is 13.2. The summed E-state index contributed by atoms with van der Waals surface area (Å²) in [5.41, 5.74) is 1.18. The standard InChI is InChI=1S/C22H32N4O4S/c1-3-9-23-21(27)17-24-12-14-25(15-13-24)22(28)20-16-19(8-7-18(20)2)31(29,30)26-10-5-4-6-11-26/h3,7-8,16H,1,4-6,9-15,17H2,2H3,(H,23,27). The van der Waals surface area contributed by atoms with Crippen molar-refractivity contribution >= 4 is 21.8 Å². The highest BCUT2D eigenvalue weighted by atomic mass is 32.2. The zero-order valence-electron chi connectivity index (χ0n) is 18.2. The van der Waals surface area contributed by atoms with Crippen molar-refractivity contribution in [3.8, 4) is 0 Å². The van der Waals surface area contributed by atoms with E-state index in [9.17, 15) is 18.0 Å². The van der Waals surface area contributed by atoms with Crippen molar-refractivity contribution in [1.82, 2.24) is 19.4 Å². The van der Waals surface area contributed by atoms with Crippen molar-refractivity contribution in [3.63, 3.8) is 0 Å². The van der Waals surface area contributed by atoms with Crippen molar-refractivity contribution in [3.05, 3.63) is 42.0 Å². The fraction of sp³-hybridized carbons (Fsp3) is 0.545. The molecule has 0 aromatic heterocycles. The number of carbonyl (C=O) groups excluding carboxylic acids is 2. The molecule has 2 fully saturated rings. The number of piperazine rings is 1. The number of benzene rings is 1. The second-order valence-electron chi connectivity index (χ2n) is 8.10. The Morgan fingerprint density at radius 1 is 1.06 bits per heavy atom. The lowest BCUT2D eigenvalue weighted by Crippen LogP contribution is -2.51. The van der Waals surface area contributed by atoms with Crippen molar-refractivity contribution in [1.29, 1.82) is 0 Å². The van der Waals surface area contributed by atoms with E-state index in [1.807, 2.05) is 11.8 Å². The summed E-state index contributed by atoms with van der Waals surface area (Å²) in [5, 5.41) is 2.75. The number of piperidine rings is 1. The molecule has 2 amide bonds. The highest BCUT2D eigenvalue weighted by molar-refractivity contribution is 7.89. The first-order valence-corrected chi connectivity index (χ1v) is 12.3. The first-order valence-electron chi connectivity index (χ1n) is 10.8. The molecule has 2 saturated heterocycles. The van der Waals surface area contributed by atoms with Gasteiger partial charge in [0.15, 0.2) is 0 Å². The number of carbonyl (C=O) groups is 2. The number of hydrogen-bond donors (Lipinski definition) is 1. The minimum Gasteiger partial charge on any atom is -0.352 e. The van der Waals surface area contributed by atoms with Gasteiger partial charge in [0.1, 0.15) is 0 Å². The number of nitrogens with zero attached hydrogens (tertiary/aromatic N) is 3. The largest absolute Gasteiger partial charge is 0.352 e. The van der Waals surface area contributed by atoms with Crippen LogP contribution in [0.25, 0.3) is 0 Å². The normalized spacial score (nSPS) is 18.5. The molecule has 0 bridgehead atoms. The first kappa shape index (κ1) is 23.4. The monoisotopic (exact) mass is 448 g/mol. The molecule has 1 aromatic carbocycles. The molecule has 0 unspecified atom stereocenters. The van der Waals surface area contributed by atoms with E-state index >= 15 is 0 Å². The summed E-state index contributed by atoms with van der Waals surface area (Å²) < 4.78 is 27.6. The molecule has 0 radical (unpaired) electrons. The maximum atomic E-state index is 13.2. The van der Waals surface area contributed by atoms with Crippen molar-refractivity contribution in [2.24, 2.45) is 0 Å². The van der Waals surface area contributed by atoms with Crippen molar-refractivity contribution in [2.45, 2.75) is 31.1 Å². The van der Waals surface area contributed by atoms with Crippen LogP contribution in [0.3, 0.4) is 0 Å². The Labute approximate surface area is 184 Å². The number of amides is 2. The lowest BCUT2D eigenvalue weighted by atomic mass is 10.1. The fourth-order valence-corrected chi connectivity index (χ4v) is 5.51. The molecule has 2 aliphatic rings. The van der Waals surface area contributed by atoms with Gasteiger partial charge in [0.05, 0.1) is 11.4 Å². The van der Waals surface area contributed by atoms with Crippen LogP contribution in [0.2, 0.25) is 0 Å². The quantitative estimate of drug-likeness (QED) is 0.634. The topological polar surface area (TPSA) is 90.0 Å². The Balaban J connectivity index is 1.66. The van der Waals surface area contributed by atoms with Crippen LogP contribution in [-0.2, 0) is 14.8 Å². The van der Waals surface area contributed by atoms with Gasteiger partial charge in [0.25, 0.3) is 5.91 Å². The molecular weight excluding hydrogens is 416 g/mol. The van der Waals surface area contributed by atoms with Gasteiger partial charge in [-0.05, 0) is 37.5 Å². The van der Waals surface area contributed by atoms with Crippen LogP contribution in [0.15, 0.2) is 35.7 Å². The Bertz CT molecular complexity index is 917. The van der Waals surface area contributed by atoms with Gasteiger partial charge in [0, 0.05) is 51.4 Å². The smallest absolute Gasteiger partial charge is 0.254 e. The second-order valence-corrected chi connectivity index (χ2v) is 10.0. The summed E-state index contributed by atoms with van der Waals surface area (Å²) in [4.78, 5) is 28.9. The van der Waals surface area contributed by atoms with Crippen LogP contribution in [0.1, 0.15) is 35.2 Å². The molecule has 31 heavy (non-hydrogen) atoms. The number of aryl methyl sites for hydroxylation is 1. The molecule has 8 nitrogen and oxygen atoms in total. The lowest BCUT2D eigenvalue weighted by molar-refractivity contribution is -0.122. The van der Waals surface area contributed by atoms with Gasteiger partial charge in [-0.1, -0.05) is 18.6 Å². The summed E-state index contributed by atoms with van der Waals surface area (Å²) in [6.45, 7) is 9.37. The molecule has 0 spiro atoms. The van der Waals surface area contributed by atoms with Gasteiger partial charge in [-0.3, -0.25) is 14.5 Å². The van der Waals surface area contributed by atoms with Crippen LogP contribution in [0.5, 0.6) is 0 Å². The predicted molar refractivity (Wildman–Crippen MR) is 119 cm³/mol. The van der Waals surface area contributed by atoms with Crippen LogP contribution in [0.4, 0.5) is 0 Å².